The third-order valence-corrected chi connectivity index (χ3v) is 3.59. The summed E-state index contributed by atoms with van der Waals surface area (Å²) >= 11 is 0. The molecule has 1 aromatic rings. The van der Waals surface area contributed by atoms with Gasteiger partial charge in [-0.25, -0.2) is 0 Å². The zero-order valence-corrected chi connectivity index (χ0v) is 13.4. The normalized spacial score (nSPS) is 12.6. The van der Waals surface area contributed by atoms with Crippen LogP contribution in [0.3, 0.4) is 0 Å². The number of hydrogen-bond acceptors (Lipinski definition) is 2. The van der Waals surface area contributed by atoms with Gasteiger partial charge in [-0.05, 0) is 40.0 Å². The largest absolute Gasteiger partial charge is 0.392 e. The Balaban J connectivity index is 2.38. The second-order valence-corrected chi connectivity index (χ2v) is 5.61. The van der Waals surface area contributed by atoms with Crippen molar-refractivity contribution in [3.05, 3.63) is 58.7 Å². The number of carbonyl (C=O) groups is 1. The molecule has 0 saturated heterocycles. The SMILES string of the molecule is CC(=CCO)CCC=C(C)CCC(=O)c1ccc(C)cc1. The van der Waals surface area contributed by atoms with Crippen LogP contribution in [0, 0.1) is 6.92 Å². The van der Waals surface area contributed by atoms with Gasteiger partial charge in [-0.2, -0.15) is 0 Å². The minimum atomic E-state index is 0.111. The van der Waals surface area contributed by atoms with Crippen molar-refractivity contribution in [2.24, 2.45) is 0 Å². The first kappa shape index (κ1) is 17.4. The predicted octanol–water partition coefficient (Wildman–Crippen LogP) is 4.62. The van der Waals surface area contributed by atoms with Crippen LogP contribution in [-0.2, 0) is 0 Å². The summed E-state index contributed by atoms with van der Waals surface area (Å²) in [6, 6.07) is 7.76. The van der Waals surface area contributed by atoms with E-state index < -0.39 is 0 Å². The Kier molecular flexibility index (Phi) is 7.70. The second-order valence-electron chi connectivity index (χ2n) is 5.61. The Labute approximate surface area is 128 Å². The van der Waals surface area contributed by atoms with Gasteiger partial charge in [-0.3, -0.25) is 4.79 Å². The summed E-state index contributed by atoms with van der Waals surface area (Å²) in [6.07, 6.45) is 7.34. The number of carbonyl (C=O) groups excluding carboxylic acids is 1. The van der Waals surface area contributed by atoms with E-state index in [0.717, 1.165) is 24.8 Å². The summed E-state index contributed by atoms with van der Waals surface area (Å²) in [5.41, 5.74) is 4.44. The highest BCUT2D eigenvalue weighted by Crippen LogP contribution is 2.13. The Morgan fingerprint density at radius 3 is 2.24 bits per heavy atom. The van der Waals surface area contributed by atoms with Gasteiger partial charge in [0.25, 0.3) is 0 Å². The summed E-state index contributed by atoms with van der Waals surface area (Å²) in [7, 11) is 0. The molecule has 0 aliphatic carbocycles. The zero-order chi connectivity index (χ0) is 15.7. The molecule has 2 nitrogen and oxygen atoms in total. The first-order chi connectivity index (χ1) is 10.0. The molecule has 0 atom stereocenters. The molecule has 0 spiro atoms. The molecular weight excluding hydrogens is 260 g/mol. The number of rotatable bonds is 8. The fourth-order valence-electron chi connectivity index (χ4n) is 2.10. The molecule has 0 aliphatic rings. The molecule has 0 saturated carbocycles. The highest BCUT2D eigenvalue weighted by molar-refractivity contribution is 5.96. The predicted molar refractivity (Wildman–Crippen MR) is 88.6 cm³/mol. The van der Waals surface area contributed by atoms with Crippen molar-refractivity contribution in [3.63, 3.8) is 0 Å². The van der Waals surface area contributed by atoms with Crippen molar-refractivity contribution >= 4 is 5.78 Å². The molecule has 0 bridgehead atoms. The molecule has 0 radical (unpaired) electrons. The number of aryl methyl sites for hydroxylation is 1. The van der Waals surface area contributed by atoms with Crippen LogP contribution < -0.4 is 0 Å². The Bertz CT molecular complexity index is 507. The smallest absolute Gasteiger partial charge is 0.163 e. The van der Waals surface area contributed by atoms with Crippen LogP contribution in [0.2, 0.25) is 0 Å². The van der Waals surface area contributed by atoms with Gasteiger partial charge < -0.3 is 5.11 Å². The summed E-state index contributed by atoms with van der Waals surface area (Å²) in [5.74, 6) is 0.208. The van der Waals surface area contributed by atoms with Crippen molar-refractivity contribution in [2.45, 2.75) is 46.5 Å². The van der Waals surface area contributed by atoms with E-state index >= 15 is 0 Å². The number of Topliss-reactive ketones (excluding diaryl/α,β-unsaturated/α-hetero) is 1. The quantitative estimate of drug-likeness (QED) is 0.559. The number of aliphatic hydroxyl groups is 1. The maximum atomic E-state index is 12.1. The minimum absolute atomic E-state index is 0.111. The lowest BCUT2D eigenvalue weighted by molar-refractivity contribution is 0.0983. The molecule has 1 rings (SSSR count). The lowest BCUT2D eigenvalue weighted by Crippen LogP contribution is -1.99. The van der Waals surface area contributed by atoms with Crippen LogP contribution >= 0.6 is 0 Å². The molecule has 0 heterocycles. The third kappa shape index (κ3) is 7.05. The van der Waals surface area contributed by atoms with E-state index in [4.69, 9.17) is 5.11 Å². The van der Waals surface area contributed by atoms with Crippen molar-refractivity contribution in [3.8, 4) is 0 Å². The highest BCUT2D eigenvalue weighted by atomic mass is 16.2. The summed E-state index contributed by atoms with van der Waals surface area (Å²) in [4.78, 5) is 12.1. The zero-order valence-electron chi connectivity index (χ0n) is 13.4. The van der Waals surface area contributed by atoms with Gasteiger partial charge in [0, 0.05) is 12.0 Å². The average molecular weight is 286 g/mol. The van der Waals surface area contributed by atoms with E-state index in [9.17, 15) is 4.79 Å². The first-order valence-corrected chi connectivity index (χ1v) is 7.55. The van der Waals surface area contributed by atoms with Crippen molar-refractivity contribution < 1.29 is 9.90 Å². The molecule has 21 heavy (non-hydrogen) atoms. The van der Waals surface area contributed by atoms with Crippen LogP contribution in [-0.4, -0.2) is 17.5 Å². The molecule has 0 aromatic heterocycles. The summed E-state index contributed by atoms with van der Waals surface area (Å²) < 4.78 is 0. The Hall–Kier alpha value is -1.67. The van der Waals surface area contributed by atoms with E-state index in [1.165, 1.54) is 16.7 Å². The van der Waals surface area contributed by atoms with E-state index in [1.54, 1.807) is 0 Å². The standard InChI is InChI=1S/C19H26O2/c1-15(5-4-6-16(2)13-14-20)9-12-19(21)18-10-7-17(3)8-11-18/h5,7-8,10-11,13,20H,4,6,9,12,14H2,1-3H3. The summed E-state index contributed by atoms with van der Waals surface area (Å²) in [6.45, 7) is 6.24. The fourth-order valence-corrected chi connectivity index (χ4v) is 2.10. The van der Waals surface area contributed by atoms with Gasteiger partial charge in [-0.15, -0.1) is 0 Å². The number of allylic oxidation sites excluding steroid dienone is 3. The van der Waals surface area contributed by atoms with Crippen LogP contribution in [0.5, 0.6) is 0 Å². The van der Waals surface area contributed by atoms with Gasteiger partial charge in [0.05, 0.1) is 6.61 Å². The van der Waals surface area contributed by atoms with Gasteiger partial charge in [0.2, 0.25) is 0 Å². The van der Waals surface area contributed by atoms with Crippen molar-refractivity contribution in [1.29, 1.82) is 0 Å². The van der Waals surface area contributed by atoms with Gasteiger partial charge in [0.15, 0.2) is 5.78 Å². The minimum Gasteiger partial charge on any atom is -0.392 e. The van der Waals surface area contributed by atoms with Gasteiger partial charge >= 0.3 is 0 Å². The maximum Gasteiger partial charge on any atom is 0.163 e. The molecule has 0 aliphatic heterocycles. The van der Waals surface area contributed by atoms with Crippen LogP contribution in [0.15, 0.2) is 47.6 Å². The van der Waals surface area contributed by atoms with E-state index in [-0.39, 0.29) is 12.4 Å². The van der Waals surface area contributed by atoms with Gasteiger partial charge in [-0.1, -0.05) is 53.1 Å². The Morgan fingerprint density at radius 2 is 1.62 bits per heavy atom. The second kappa shape index (κ2) is 9.30. The fraction of sp³-hybridized carbons (Fsp3) is 0.421. The van der Waals surface area contributed by atoms with Crippen molar-refractivity contribution in [1.82, 2.24) is 0 Å². The Morgan fingerprint density at radius 1 is 1.00 bits per heavy atom. The molecule has 0 unspecified atom stereocenters. The topological polar surface area (TPSA) is 37.3 Å². The van der Waals surface area contributed by atoms with Crippen LogP contribution in [0.4, 0.5) is 0 Å². The number of ketones is 1. The first-order valence-electron chi connectivity index (χ1n) is 7.55. The maximum absolute atomic E-state index is 12.1. The number of benzene rings is 1. The lowest BCUT2D eigenvalue weighted by Gasteiger charge is -2.03. The lowest BCUT2D eigenvalue weighted by atomic mass is 10.0. The molecular formula is C19H26O2. The number of hydrogen-bond donors (Lipinski definition) is 1. The molecule has 1 aromatic carbocycles. The molecule has 0 amide bonds. The number of aliphatic hydroxyl groups excluding tert-OH is 1. The summed E-state index contributed by atoms with van der Waals surface area (Å²) in [5, 5.41) is 8.79. The third-order valence-electron chi connectivity index (χ3n) is 3.59. The van der Waals surface area contributed by atoms with Gasteiger partial charge in [0.1, 0.15) is 0 Å². The molecule has 0 fully saturated rings. The van der Waals surface area contributed by atoms with Crippen LogP contribution in [0.25, 0.3) is 0 Å². The molecule has 114 valence electrons. The molecule has 1 N–H and O–H groups in total. The highest BCUT2D eigenvalue weighted by Gasteiger charge is 2.05. The van der Waals surface area contributed by atoms with Crippen molar-refractivity contribution in [2.75, 3.05) is 6.61 Å². The van der Waals surface area contributed by atoms with Crippen LogP contribution in [0.1, 0.15) is 55.5 Å². The van der Waals surface area contributed by atoms with E-state index in [1.807, 2.05) is 44.2 Å². The molecule has 2 heteroatoms. The van der Waals surface area contributed by atoms with E-state index in [2.05, 4.69) is 13.0 Å². The average Bonchev–Trinajstić information content (AvgIpc) is 2.46. The monoisotopic (exact) mass is 286 g/mol. The van der Waals surface area contributed by atoms with E-state index in [0.29, 0.717) is 6.42 Å².